The zero-order chi connectivity index (χ0) is 14.8. The van der Waals surface area contributed by atoms with Gasteiger partial charge in [0.2, 0.25) is 0 Å². The number of ether oxygens (including phenoxy) is 1. The molecule has 2 aromatic carbocycles. The fourth-order valence-electron chi connectivity index (χ4n) is 2.04. The Morgan fingerprint density at radius 3 is 2.40 bits per heavy atom. The van der Waals surface area contributed by atoms with E-state index in [1.807, 2.05) is 0 Å². The first-order valence-electron chi connectivity index (χ1n) is 5.99. The van der Waals surface area contributed by atoms with Gasteiger partial charge >= 0.3 is 6.18 Å². The lowest BCUT2D eigenvalue weighted by atomic mass is 9.95. The number of methoxy groups -OCH3 is 1. The van der Waals surface area contributed by atoms with E-state index < -0.39 is 17.8 Å². The standard InChI is InChI=1S/C15H14F3NO/c1-20-11-6-4-5-10(9-11)14(19)12-7-2-3-8-13(12)15(16,17)18/h2-9,14H,19H2,1H3. The van der Waals surface area contributed by atoms with Crippen molar-refractivity contribution in [3.8, 4) is 5.75 Å². The Labute approximate surface area is 115 Å². The van der Waals surface area contributed by atoms with Crippen LogP contribution in [-0.4, -0.2) is 7.11 Å². The van der Waals surface area contributed by atoms with Crippen LogP contribution in [0.4, 0.5) is 13.2 Å². The van der Waals surface area contributed by atoms with Crippen LogP contribution in [0.25, 0.3) is 0 Å². The Morgan fingerprint density at radius 1 is 1.05 bits per heavy atom. The van der Waals surface area contributed by atoms with Gasteiger partial charge in [-0.1, -0.05) is 30.3 Å². The largest absolute Gasteiger partial charge is 0.497 e. The summed E-state index contributed by atoms with van der Waals surface area (Å²) in [5.41, 5.74) is 5.89. The molecule has 0 heterocycles. The highest BCUT2D eigenvalue weighted by Crippen LogP contribution is 2.36. The average molecular weight is 281 g/mol. The lowest BCUT2D eigenvalue weighted by molar-refractivity contribution is -0.138. The smallest absolute Gasteiger partial charge is 0.416 e. The number of nitrogens with two attached hydrogens (primary N) is 1. The highest BCUT2D eigenvalue weighted by atomic mass is 19.4. The first-order valence-corrected chi connectivity index (χ1v) is 5.99. The van der Waals surface area contributed by atoms with Gasteiger partial charge in [-0.3, -0.25) is 0 Å². The highest BCUT2D eigenvalue weighted by molar-refractivity contribution is 5.40. The van der Waals surface area contributed by atoms with Gasteiger partial charge in [-0.05, 0) is 29.3 Å². The summed E-state index contributed by atoms with van der Waals surface area (Å²) in [6.07, 6.45) is -4.42. The van der Waals surface area contributed by atoms with Crippen LogP contribution in [0.5, 0.6) is 5.75 Å². The summed E-state index contributed by atoms with van der Waals surface area (Å²) in [5.74, 6) is 0.558. The van der Waals surface area contributed by atoms with E-state index in [1.54, 1.807) is 30.3 Å². The third-order valence-corrected chi connectivity index (χ3v) is 3.05. The SMILES string of the molecule is COc1cccc(C(N)c2ccccc2C(F)(F)F)c1. The molecule has 106 valence electrons. The molecule has 2 nitrogen and oxygen atoms in total. The van der Waals surface area contributed by atoms with E-state index in [0.717, 1.165) is 6.07 Å². The van der Waals surface area contributed by atoms with Gasteiger partial charge in [0.1, 0.15) is 5.75 Å². The van der Waals surface area contributed by atoms with E-state index in [1.165, 1.54) is 19.2 Å². The molecule has 0 aliphatic carbocycles. The Morgan fingerprint density at radius 2 is 1.75 bits per heavy atom. The third kappa shape index (κ3) is 2.93. The fraction of sp³-hybridized carbons (Fsp3) is 0.200. The zero-order valence-electron chi connectivity index (χ0n) is 10.8. The normalized spacial score (nSPS) is 13.1. The molecule has 2 aromatic rings. The minimum absolute atomic E-state index is 0.0493. The number of benzene rings is 2. The van der Waals surface area contributed by atoms with Crippen molar-refractivity contribution >= 4 is 0 Å². The molecule has 0 bridgehead atoms. The van der Waals surface area contributed by atoms with Gasteiger partial charge in [-0.25, -0.2) is 0 Å². The van der Waals surface area contributed by atoms with E-state index >= 15 is 0 Å². The molecule has 0 fully saturated rings. The molecule has 0 amide bonds. The van der Waals surface area contributed by atoms with E-state index in [0.29, 0.717) is 11.3 Å². The first kappa shape index (κ1) is 14.4. The molecular formula is C15H14F3NO. The summed E-state index contributed by atoms with van der Waals surface area (Å²) in [6, 6.07) is 11.2. The Balaban J connectivity index is 2.45. The summed E-state index contributed by atoms with van der Waals surface area (Å²) in [4.78, 5) is 0. The van der Waals surface area contributed by atoms with Crippen molar-refractivity contribution in [2.75, 3.05) is 7.11 Å². The molecule has 0 aromatic heterocycles. The van der Waals surface area contributed by atoms with Crippen molar-refractivity contribution < 1.29 is 17.9 Å². The molecule has 1 unspecified atom stereocenters. The highest BCUT2D eigenvalue weighted by Gasteiger charge is 2.34. The summed E-state index contributed by atoms with van der Waals surface area (Å²) in [6.45, 7) is 0. The van der Waals surface area contributed by atoms with Crippen LogP contribution in [-0.2, 0) is 6.18 Å². The van der Waals surface area contributed by atoms with Crippen LogP contribution in [0.3, 0.4) is 0 Å². The van der Waals surface area contributed by atoms with Gasteiger partial charge in [0.25, 0.3) is 0 Å². The molecule has 0 spiro atoms. The second-order valence-corrected chi connectivity index (χ2v) is 4.34. The summed E-state index contributed by atoms with van der Waals surface area (Å²) < 4.78 is 44.0. The molecule has 0 aliphatic rings. The molecule has 0 saturated heterocycles. The number of hydrogen-bond donors (Lipinski definition) is 1. The quantitative estimate of drug-likeness (QED) is 0.929. The predicted molar refractivity (Wildman–Crippen MR) is 70.5 cm³/mol. The molecule has 20 heavy (non-hydrogen) atoms. The van der Waals surface area contributed by atoms with Gasteiger partial charge in [0, 0.05) is 0 Å². The summed E-state index contributed by atoms with van der Waals surface area (Å²) in [5, 5.41) is 0. The first-order chi connectivity index (χ1) is 9.43. The molecular weight excluding hydrogens is 267 g/mol. The zero-order valence-corrected chi connectivity index (χ0v) is 10.8. The maximum Gasteiger partial charge on any atom is 0.416 e. The number of hydrogen-bond acceptors (Lipinski definition) is 2. The maximum atomic E-state index is 13.0. The molecule has 1 atom stereocenters. The van der Waals surface area contributed by atoms with Gasteiger partial charge in [-0.15, -0.1) is 0 Å². The van der Waals surface area contributed by atoms with E-state index in [9.17, 15) is 13.2 Å². The summed E-state index contributed by atoms with van der Waals surface area (Å²) in [7, 11) is 1.49. The van der Waals surface area contributed by atoms with Crippen molar-refractivity contribution in [3.63, 3.8) is 0 Å². The topological polar surface area (TPSA) is 35.2 Å². The lowest BCUT2D eigenvalue weighted by Crippen LogP contribution is -2.18. The Hall–Kier alpha value is -2.01. The molecule has 2 rings (SSSR count). The molecule has 2 N–H and O–H groups in total. The number of halogens is 3. The van der Waals surface area contributed by atoms with Crippen LogP contribution < -0.4 is 10.5 Å². The van der Waals surface area contributed by atoms with E-state index in [2.05, 4.69) is 0 Å². The number of rotatable bonds is 3. The van der Waals surface area contributed by atoms with Crippen LogP contribution in [0.1, 0.15) is 22.7 Å². The van der Waals surface area contributed by atoms with Crippen molar-refractivity contribution in [1.29, 1.82) is 0 Å². The minimum atomic E-state index is -4.42. The van der Waals surface area contributed by atoms with Crippen LogP contribution in [0, 0.1) is 0 Å². The van der Waals surface area contributed by atoms with Crippen molar-refractivity contribution in [2.24, 2.45) is 5.73 Å². The van der Waals surface area contributed by atoms with Crippen molar-refractivity contribution in [1.82, 2.24) is 0 Å². The maximum absolute atomic E-state index is 13.0. The van der Waals surface area contributed by atoms with Crippen LogP contribution >= 0.6 is 0 Å². The predicted octanol–water partition coefficient (Wildman–Crippen LogP) is 3.76. The van der Waals surface area contributed by atoms with Gasteiger partial charge < -0.3 is 10.5 Å². The fourth-order valence-corrected chi connectivity index (χ4v) is 2.04. The summed E-state index contributed by atoms with van der Waals surface area (Å²) >= 11 is 0. The molecule has 0 saturated carbocycles. The molecule has 5 heteroatoms. The Kier molecular flexibility index (Phi) is 3.99. The third-order valence-electron chi connectivity index (χ3n) is 3.05. The Bertz CT molecular complexity index is 596. The lowest BCUT2D eigenvalue weighted by Gasteiger charge is -2.19. The molecule has 0 radical (unpaired) electrons. The minimum Gasteiger partial charge on any atom is -0.497 e. The number of alkyl halides is 3. The van der Waals surface area contributed by atoms with Crippen LogP contribution in [0.2, 0.25) is 0 Å². The van der Waals surface area contributed by atoms with Gasteiger partial charge in [0.15, 0.2) is 0 Å². The average Bonchev–Trinajstić information content (AvgIpc) is 2.45. The second kappa shape index (κ2) is 5.54. The second-order valence-electron chi connectivity index (χ2n) is 4.34. The van der Waals surface area contributed by atoms with Crippen LogP contribution in [0.15, 0.2) is 48.5 Å². The van der Waals surface area contributed by atoms with Gasteiger partial charge in [0.05, 0.1) is 18.7 Å². The van der Waals surface area contributed by atoms with Gasteiger partial charge in [-0.2, -0.15) is 13.2 Å². The van der Waals surface area contributed by atoms with Crippen molar-refractivity contribution in [2.45, 2.75) is 12.2 Å². The molecule has 0 aliphatic heterocycles. The van der Waals surface area contributed by atoms with E-state index in [4.69, 9.17) is 10.5 Å². The van der Waals surface area contributed by atoms with E-state index in [-0.39, 0.29) is 5.56 Å². The monoisotopic (exact) mass is 281 g/mol. The van der Waals surface area contributed by atoms with Crippen molar-refractivity contribution in [3.05, 3.63) is 65.2 Å².